The average Bonchev–Trinajstić information content (AvgIpc) is 2.77. The Hall–Kier alpha value is -1.67. The molecule has 1 aliphatic heterocycles. The van der Waals surface area contributed by atoms with E-state index in [1.807, 2.05) is 0 Å². The first kappa shape index (κ1) is 15.4. The van der Waals surface area contributed by atoms with Crippen LogP contribution >= 0.6 is 0 Å². The predicted molar refractivity (Wildman–Crippen MR) is 63.5 cm³/mol. The van der Waals surface area contributed by atoms with Gasteiger partial charge in [0.1, 0.15) is 13.2 Å². The van der Waals surface area contributed by atoms with Crippen LogP contribution in [0.3, 0.4) is 0 Å². The molecule has 0 aliphatic carbocycles. The van der Waals surface area contributed by atoms with Gasteiger partial charge in [0.2, 0.25) is 0 Å². The Kier molecular flexibility index (Phi) is 6.23. The van der Waals surface area contributed by atoms with Gasteiger partial charge in [-0.05, 0) is 6.42 Å². The zero-order chi connectivity index (χ0) is 14.3. The molecule has 1 saturated heterocycles. The van der Waals surface area contributed by atoms with E-state index in [-0.39, 0.29) is 5.92 Å². The van der Waals surface area contributed by atoms with Crippen molar-refractivity contribution in [3.63, 3.8) is 0 Å². The number of nitrogens with one attached hydrogen (secondary N) is 1. The number of ether oxygens (including phenoxy) is 2. The number of carboxylic acids is 1. The number of methoxy groups -OCH3 is 1. The maximum absolute atomic E-state index is 11.7. The lowest BCUT2D eigenvalue weighted by molar-refractivity contribution is -0.143. The van der Waals surface area contributed by atoms with Crippen molar-refractivity contribution in [3.05, 3.63) is 0 Å². The van der Waals surface area contributed by atoms with Gasteiger partial charge in [0, 0.05) is 26.1 Å². The number of urea groups is 1. The number of aliphatic carboxylic acids is 1. The number of hydrogen-bond donors (Lipinski definition) is 2. The van der Waals surface area contributed by atoms with E-state index < -0.39 is 31.1 Å². The molecule has 1 atom stereocenters. The van der Waals surface area contributed by atoms with Crippen LogP contribution in [-0.4, -0.2) is 67.9 Å². The third-order valence-electron chi connectivity index (χ3n) is 2.68. The molecular weight excluding hydrogens is 256 g/mol. The number of carbonyl (C=O) groups is 3. The van der Waals surface area contributed by atoms with Crippen LogP contribution in [0.2, 0.25) is 0 Å². The van der Waals surface area contributed by atoms with E-state index in [2.05, 4.69) is 10.1 Å². The van der Waals surface area contributed by atoms with Gasteiger partial charge in [-0.2, -0.15) is 0 Å². The van der Waals surface area contributed by atoms with E-state index in [1.54, 1.807) is 7.11 Å². The molecule has 1 aliphatic rings. The largest absolute Gasteiger partial charge is 0.480 e. The quantitative estimate of drug-likeness (QED) is 0.663. The first-order valence-electron chi connectivity index (χ1n) is 5.90. The normalized spacial score (nSPS) is 18.4. The van der Waals surface area contributed by atoms with Crippen molar-refractivity contribution in [3.8, 4) is 0 Å². The Morgan fingerprint density at radius 1 is 1.37 bits per heavy atom. The van der Waals surface area contributed by atoms with Crippen molar-refractivity contribution in [2.45, 2.75) is 6.42 Å². The fraction of sp³-hybridized carbons (Fsp3) is 0.727. The van der Waals surface area contributed by atoms with Crippen LogP contribution in [0.1, 0.15) is 6.42 Å². The van der Waals surface area contributed by atoms with Gasteiger partial charge in [0.25, 0.3) is 5.91 Å². The molecule has 1 fully saturated rings. The maximum atomic E-state index is 11.7. The standard InChI is InChI=1S/C11H18N2O6/c1-18-5-8-2-3-13(4-8)11(17)12-9(14)6-19-7-10(15)16/h8H,2-7H2,1H3,(H,15,16)(H,12,14,17). The third-order valence-corrected chi connectivity index (χ3v) is 2.68. The number of rotatable bonds is 6. The molecule has 1 heterocycles. The maximum Gasteiger partial charge on any atom is 0.329 e. The predicted octanol–water partition coefficient (Wildman–Crippen LogP) is -0.708. The number of hydrogen-bond acceptors (Lipinski definition) is 5. The Bertz CT molecular complexity index is 346. The van der Waals surface area contributed by atoms with Crippen LogP contribution in [0.25, 0.3) is 0 Å². The minimum atomic E-state index is -1.17. The van der Waals surface area contributed by atoms with E-state index in [0.717, 1.165) is 6.42 Å². The van der Waals surface area contributed by atoms with Crippen molar-refractivity contribution in [1.82, 2.24) is 10.2 Å². The first-order valence-corrected chi connectivity index (χ1v) is 5.90. The summed E-state index contributed by atoms with van der Waals surface area (Å²) in [5.41, 5.74) is 0. The second kappa shape index (κ2) is 7.70. The molecule has 8 heteroatoms. The SMILES string of the molecule is COCC1CCN(C(=O)NC(=O)COCC(=O)O)C1. The second-order valence-corrected chi connectivity index (χ2v) is 4.30. The zero-order valence-corrected chi connectivity index (χ0v) is 10.8. The zero-order valence-electron chi connectivity index (χ0n) is 10.8. The summed E-state index contributed by atoms with van der Waals surface area (Å²) in [6.07, 6.45) is 0.838. The fourth-order valence-electron chi connectivity index (χ4n) is 1.85. The summed E-state index contributed by atoms with van der Waals surface area (Å²) in [7, 11) is 1.60. The van der Waals surface area contributed by atoms with Crippen LogP contribution < -0.4 is 5.32 Å². The molecule has 0 bridgehead atoms. The molecular formula is C11H18N2O6. The van der Waals surface area contributed by atoms with E-state index in [4.69, 9.17) is 9.84 Å². The minimum absolute atomic E-state index is 0.286. The summed E-state index contributed by atoms with van der Waals surface area (Å²) in [4.78, 5) is 34.7. The van der Waals surface area contributed by atoms with Gasteiger partial charge < -0.3 is 19.5 Å². The Labute approximate surface area is 110 Å². The van der Waals surface area contributed by atoms with E-state index in [0.29, 0.717) is 19.7 Å². The lowest BCUT2D eigenvalue weighted by atomic mass is 10.1. The molecule has 0 aromatic rings. The van der Waals surface area contributed by atoms with Gasteiger partial charge in [-0.1, -0.05) is 0 Å². The number of amides is 3. The summed E-state index contributed by atoms with van der Waals surface area (Å²) in [5, 5.41) is 10.5. The molecule has 8 nitrogen and oxygen atoms in total. The van der Waals surface area contributed by atoms with Gasteiger partial charge in [0.15, 0.2) is 0 Å². The Morgan fingerprint density at radius 2 is 2.11 bits per heavy atom. The molecule has 108 valence electrons. The van der Waals surface area contributed by atoms with E-state index in [9.17, 15) is 14.4 Å². The smallest absolute Gasteiger partial charge is 0.329 e. The molecule has 0 radical (unpaired) electrons. The van der Waals surface area contributed by atoms with E-state index >= 15 is 0 Å². The number of likely N-dealkylation sites (tertiary alicyclic amines) is 1. The first-order chi connectivity index (χ1) is 9.02. The number of carboxylic acid groups (broad SMARTS) is 1. The molecule has 0 spiro atoms. The van der Waals surface area contributed by atoms with E-state index in [1.165, 1.54) is 4.90 Å². The summed E-state index contributed by atoms with van der Waals surface area (Å²) in [6.45, 7) is 0.681. The van der Waals surface area contributed by atoms with Gasteiger partial charge >= 0.3 is 12.0 Å². The molecule has 0 aromatic carbocycles. The second-order valence-electron chi connectivity index (χ2n) is 4.30. The summed E-state index contributed by atoms with van der Waals surface area (Å²) >= 11 is 0. The number of nitrogens with zero attached hydrogens (tertiary/aromatic N) is 1. The molecule has 0 aromatic heterocycles. The van der Waals surface area contributed by atoms with Crippen LogP contribution in [0.4, 0.5) is 4.79 Å². The topological polar surface area (TPSA) is 105 Å². The summed E-state index contributed by atoms with van der Waals surface area (Å²) in [5.74, 6) is -1.53. The molecule has 1 rings (SSSR count). The minimum Gasteiger partial charge on any atom is -0.480 e. The molecule has 3 amide bonds. The third kappa shape index (κ3) is 5.66. The Morgan fingerprint density at radius 3 is 2.74 bits per heavy atom. The Balaban J connectivity index is 2.23. The molecule has 1 unspecified atom stereocenters. The highest BCUT2D eigenvalue weighted by atomic mass is 16.5. The van der Waals surface area contributed by atoms with Gasteiger partial charge in [-0.3, -0.25) is 10.1 Å². The van der Waals surface area contributed by atoms with Gasteiger partial charge in [-0.25, -0.2) is 9.59 Å². The fourth-order valence-corrected chi connectivity index (χ4v) is 1.85. The highest BCUT2D eigenvalue weighted by molar-refractivity contribution is 5.95. The van der Waals surface area contributed by atoms with Crippen molar-refractivity contribution >= 4 is 17.9 Å². The van der Waals surface area contributed by atoms with Crippen molar-refractivity contribution in [2.75, 3.05) is 40.0 Å². The van der Waals surface area contributed by atoms with Crippen LogP contribution in [0.15, 0.2) is 0 Å². The average molecular weight is 274 g/mol. The van der Waals surface area contributed by atoms with Crippen molar-refractivity contribution in [1.29, 1.82) is 0 Å². The van der Waals surface area contributed by atoms with Crippen molar-refractivity contribution in [2.24, 2.45) is 5.92 Å². The van der Waals surface area contributed by atoms with Gasteiger partial charge in [-0.15, -0.1) is 0 Å². The highest BCUT2D eigenvalue weighted by Gasteiger charge is 2.26. The summed E-state index contributed by atoms with van der Waals surface area (Å²) < 4.78 is 9.59. The summed E-state index contributed by atoms with van der Waals surface area (Å²) in [6, 6.07) is -0.484. The van der Waals surface area contributed by atoms with Crippen molar-refractivity contribution < 1.29 is 29.0 Å². The van der Waals surface area contributed by atoms with Crippen LogP contribution in [0.5, 0.6) is 0 Å². The molecule has 19 heavy (non-hydrogen) atoms. The van der Waals surface area contributed by atoms with Gasteiger partial charge in [0.05, 0.1) is 6.61 Å². The van der Waals surface area contributed by atoms with Crippen LogP contribution in [-0.2, 0) is 19.1 Å². The van der Waals surface area contributed by atoms with Crippen LogP contribution in [0, 0.1) is 5.92 Å². The number of carbonyl (C=O) groups excluding carboxylic acids is 2. The molecule has 2 N–H and O–H groups in total. The lowest BCUT2D eigenvalue weighted by Gasteiger charge is -2.16. The molecule has 0 saturated carbocycles. The lowest BCUT2D eigenvalue weighted by Crippen LogP contribution is -2.43. The number of imide groups is 1. The highest BCUT2D eigenvalue weighted by Crippen LogP contribution is 2.15. The monoisotopic (exact) mass is 274 g/mol.